The minimum atomic E-state index is 0.625. The molecule has 0 amide bonds. The molecule has 2 rings (SSSR count). The molecule has 0 radical (unpaired) electrons. The zero-order valence-electron chi connectivity index (χ0n) is 9.37. The Bertz CT molecular complexity index is 557. The van der Waals surface area contributed by atoms with E-state index in [0.29, 0.717) is 5.69 Å². The van der Waals surface area contributed by atoms with Crippen molar-refractivity contribution in [1.29, 1.82) is 0 Å². The fourth-order valence-corrected chi connectivity index (χ4v) is 1.62. The second-order valence-corrected chi connectivity index (χ2v) is 3.44. The zero-order chi connectivity index (χ0) is 12.1. The van der Waals surface area contributed by atoms with E-state index < -0.39 is 0 Å². The highest BCUT2D eigenvalue weighted by molar-refractivity contribution is 5.75. The summed E-state index contributed by atoms with van der Waals surface area (Å²) >= 11 is 0. The Kier molecular flexibility index (Phi) is 3.28. The summed E-state index contributed by atoms with van der Waals surface area (Å²) in [5.41, 5.74) is 11.0. The van der Waals surface area contributed by atoms with Gasteiger partial charge < -0.3 is 4.74 Å². The van der Waals surface area contributed by atoms with Gasteiger partial charge >= 0.3 is 0 Å². The van der Waals surface area contributed by atoms with E-state index in [1.165, 1.54) is 0 Å². The van der Waals surface area contributed by atoms with Crippen molar-refractivity contribution in [1.82, 2.24) is 0 Å². The van der Waals surface area contributed by atoms with Gasteiger partial charge in [0.1, 0.15) is 5.75 Å². The topological polar surface area (TPSA) is 58.0 Å². The maximum atomic E-state index is 8.51. The molecule has 0 heterocycles. The molecule has 2 aromatic rings. The number of benzene rings is 2. The first-order chi connectivity index (χ1) is 8.35. The van der Waals surface area contributed by atoms with Crippen molar-refractivity contribution in [3.8, 4) is 16.9 Å². The minimum absolute atomic E-state index is 0.625. The summed E-state index contributed by atoms with van der Waals surface area (Å²) < 4.78 is 5.10. The third-order valence-electron chi connectivity index (χ3n) is 2.46. The number of hydrogen-bond donors (Lipinski definition) is 0. The van der Waals surface area contributed by atoms with Gasteiger partial charge in [0.25, 0.3) is 0 Å². The third-order valence-corrected chi connectivity index (χ3v) is 2.46. The molecule has 0 saturated heterocycles. The molecule has 0 N–H and O–H groups in total. The lowest BCUT2D eigenvalue weighted by Gasteiger charge is -2.06. The molecule has 4 nitrogen and oxygen atoms in total. The van der Waals surface area contributed by atoms with E-state index >= 15 is 0 Å². The number of hydrogen-bond acceptors (Lipinski definition) is 2. The molecule has 0 fully saturated rings. The Morgan fingerprint density at radius 3 is 2.41 bits per heavy atom. The standard InChI is InChI=1S/C13H11N3O/c1-17-11-8-6-10(7-9-11)12-4-2-3-5-13(12)15-16-14/h2-9H,1H3. The van der Waals surface area contributed by atoms with Gasteiger partial charge in [-0.1, -0.05) is 41.5 Å². The summed E-state index contributed by atoms with van der Waals surface area (Å²) in [7, 11) is 1.63. The van der Waals surface area contributed by atoms with Crippen molar-refractivity contribution < 1.29 is 4.74 Å². The molecule has 0 unspecified atom stereocenters. The SMILES string of the molecule is COc1ccc(-c2ccccc2N=[N+]=[N-])cc1. The summed E-state index contributed by atoms with van der Waals surface area (Å²) in [6, 6.07) is 15.1. The van der Waals surface area contributed by atoms with E-state index in [-0.39, 0.29) is 0 Å². The van der Waals surface area contributed by atoms with Crippen molar-refractivity contribution in [2.24, 2.45) is 5.11 Å². The maximum Gasteiger partial charge on any atom is 0.118 e. The van der Waals surface area contributed by atoms with Gasteiger partial charge in [-0.25, -0.2) is 0 Å². The fraction of sp³-hybridized carbons (Fsp3) is 0.0769. The Hall–Kier alpha value is -2.45. The molecular formula is C13H11N3O. The number of ether oxygens (including phenoxy) is 1. The number of rotatable bonds is 3. The number of nitrogens with zero attached hydrogens (tertiary/aromatic N) is 3. The van der Waals surface area contributed by atoms with Crippen LogP contribution in [0.15, 0.2) is 53.6 Å². The van der Waals surface area contributed by atoms with Gasteiger partial charge in [-0.05, 0) is 28.8 Å². The molecular weight excluding hydrogens is 214 g/mol. The Morgan fingerprint density at radius 2 is 1.76 bits per heavy atom. The van der Waals surface area contributed by atoms with Crippen LogP contribution in [0.5, 0.6) is 5.75 Å². The van der Waals surface area contributed by atoms with E-state index in [9.17, 15) is 0 Å². The number of azide groups is 1. The van der Waals surface area contributed by atoms with Crippen molar-refractivity contribution in [3.05, 3.63) is 59.0 Å². The molecule has 4 heteroatoms. The minimum Gasteiger partial charge on any atom is -0.497 e. The van der Waals surface area contributed by atoms with Crippen LogP contribution in [0.4, 0.5) is 5.69 Å². The molecule has 0 saturated carbocycles. The molecule has 0 aromatic heterocycles. The van der Waals surface area contributed by atoms with Crippen LogP contribution in [0.2, 0.25) is 0 Å². The molecule has 0 aliphatic heterocycles. The van der Waals surface area contributed by atoms with Crippen LogP contribution in [-0.2, 0) is 0 Å². The van der Waals surface area contributed by atoms with E-state index in [4.69, 9.17) is 10.3 Å². The van der Waals surface area contributed by atoms with Crippen LogP contribution in [0.25, 0.3) is 21.6 Å². The monoisotopic (exact) mass is 225 g/mol. The van der Waals surface area contributed by atoms with Gasteiger partial charge in [-0.3, -0.25) is 0 Å². The van der Waals surface area contributed by atoms with Crippen LogP contribution in [0.1, 0.15) is 0 Å². The lowest BCUT2D eigenvalue weighted by molar-refractivity contribution is 0.415. The summed E-state index contributed by atoms with van der Waals surface area (Å²) in [5.74, 6) is 0.801. The Morgan fingerprint density at radius 1 is 1.06 bits per heavy atom. The molecule has 84 valence electrons. The van der Waals surface area contributed by atoms with Crippen LogP contribution >= 0.6 is 0 Å². The summed E-state index contributed by atoms with van der Waals surface area (Å²) in [4.78, 5) is 2.83. The van der Waals surface area contributed by atoms with Crippen molar-refractivity contribution >= 4 is 5.69 Å². The third kappa shape index (κ3) is 2.38. The van der Waals surface area contributed by atoms with Gasteiger partial charge in [0.15, 0.2) is 0 Å². The van der Waals surface area contributed by atoms with Crippen LogP contribution < -0.4 is 4.74 Å². The molecule has 2 aromatic carbocycles. The van der Waals surface area contributed by atoms with Crippen LogP contribution in [0.3, 0.4) is 0 Å². The summed E-state index contributed by atoms with van der Waals surface area (Å²) in [6.45, 7) is 0. The molecule has 0 bridgehead atoms. The van der Waals surface area contributed by atoms with Gasteiger partial charge in [0.2, 0.25) is 0 Å². The van der Waals surface area contributed by atoms with Crippen molar-refractivity contribution in [2.75, 3.05) is 7.11 Å². The second-order valence-electron chi connectivity index (χ2n) is 3.44. The van der Waals surface area contributed by atoms with Crippen molar-refractivity contribution in [3.63, 3.8) is 0 Å². The smallest absolute Gasteiger partial charge is 0.118 e. The lowest BCUT2D eigenvalue weighted by atomic mass is 10.0. The molecule has 0 spiro atoms. The maximum absolute atomic E-state index is 8.51. The first kappa shape index (κ1) is 11.0. The highest BCUT2D eigenvalue weighted by Crippen LogP contribution is 2.31. The predicted octanol–water partition coefficient (Wildman–Crippen LogP) is 4.30. The van der Waals surface area contributed by atoms with Gasteiger partial charge in [-0.2, -0.15) is 0 Å². The van der Waals surface area contributed by atoms with Crippen LogP contribution in [-0.4, -0.2) is 7.11 Å². The highest BCUT2D eigenvalue weighted by atomic mass is 16.5. The predicted molar refractivity (Wildman–Crippen MR) is 67.2 cm³/mol. The van der Waals surface area contributed by atoms with Crippen LogP contribution in [0, 0.1) is 0 Å². The normalized spacial score (nSPS) is 9.47. The van der Waals surface area contributed by atoms with Gasteiger partial charge in [0, 0.05) is 10.6 Å². The van der Waals surface area contributed by atoms with E-state index in [1.54, 1.807) is 13.2 Å². The first-order valence-corrected chi connectivity index (χ1v) is 5.13. The lowest BCUT2D eigenvalue weighted by Crippen LogP contribution is -1.82. The number of methoxy groups -OCH3 is 1. The average molecular weight is 225 g/mol. The quantitative estimate of drug-likeness (QED) is 0.436. The van der Waals surface area contributed by atoms with Crippen molar-refractivity contribution in [2.45, 2.75) is 0 Å². The van der Waals surface area contributed by atoms with Gasteiger partial charge in [-0.15, -0.1) is 0 Å². The Balaban J connectivity index is 2.48. The average Bonchev–Trinajstić information content (AvgIpc) is 2.40. The van der Waals surface area contributed by atoms with E-state index in [2.05, 4.69) is 10.0 Å². The van der Waals surface area contributed by atoms with E-state index in [0.717, 1.165) is 16.9 Å². The molecule has 0 aliphatic carbocycles. The molecule has 0 aliphatic rings. The molecule has 17 heavy (non-hydrogen) atoms. The second kappa shape index (κ2) is 5.05. The van der Waals surface area contributed by atoms with Gasteiger partial charge in [0.05, 0.1) is 7.11 Å². The zero-order valence-corrected chi connectivity index (χ0v) is 9.37. The first-order valence-electron chi connectivity index (χ1n) is 5.13. The Labute approximate surface area is 99.1 Å². The molecule has 0 atom stereocenters. The van der Waals surface area contributed by atoms with E-state index in [1.807, 2.05) is 42.5 Å². The summed E-state index contributed by atoms with van der Waals surface area (Å²) in [5, 5.41) is 3.67. The largest absolute Gasteiger partial charge is 0.497 e. The fourth-order valence-electron chi connectivity index (χ4n) is 1.62. The highest BCUT2D eigenvalue weighted by Gasteiger charge is 2.02. The summed E-state index contributed by atoms with van der Waals surface area (Å²) in [6.07, 6.45) is 0.